The molecule has 0 fully saturated rings. The molecular weight excluding hydrogens is 278 g/mol. The zero-order valence-corrected chi connectivity index (χ0v) is 13.4. The Labute approximate surface area is 130 Å². The Bertz CT molecular complexity index is 579. The molecule has 1 unspecified atom stereocenters. The van der Waals surface area contributed by atoms with Crippen LogP contribution in [0.4, 0.5) is 0 Å². The van der Waals surface area contributed by atoms with Crippen LogP contribution in [0.2, 0.25) is 0 Å². The van der Waals surface area contributed by atoms with Gasteiger partial charge in [0.25, 0.3) is 0 Å². The number of rotatable bonds is 5. The third-order valence-electron chi connectivity index (χ3n) is 4.14. The molecule has 3 nitrogen and oxygen atoms in total. The summed E-state index contributed by atoms with van der Waals surface area (Å²) in [5.41, 5.74) is 8.81. The van der Waals surface area contributed by atoms with Crippen LogP contribution >= 0.6 is 11.3 Å². The molecule has 0 radical (unpaired) electrons. The van der Waals surface area contributed by atoms with E-state index in [1.54, 1.807) is 0 Å². The van der Waals surface area contributed by atoms with E-state index in [0.29, 0.717) is 0 Å². The first-order chi connectivity index (χ1) is 10.3. The van der Waals surface area contributed by atoms with Crippen molar-refractivity contribution in [1.82, 2.24) is 9.88 Å². The Morgan fingerprint density at radius 1 is 1.33 bits per heavy atom. The van der Waals surface area contributed by atoms with Crippen molar-refractivity contribution in [3.63, 3.8) is 0 Å². The zero-order valence-electron chi connectivity index (χ0n) is 12.6. The first kappa shape index (κ1) is 14.7. The Kier molecular flexibility index (Phi) is 4.68. The number of nitrogens with two attached hydrogens (primary N) is 1. The fourth-order valence-corrected chi connectivity index (χ4v) is 3.96. The SMILES string of the molecule is CCC(N)c1nc2c(s1)CN(CCc1ccccc1)CC2. The highest BCUT2D eigenvalue weighted by Gasteiger charge is 2.21. The van der Waals surface area contributed by atoms with Crippen LogP contribution in [0.1, 0.15) is 40.5 Å². The number of hydrogen-bond acceptors (Lipinski definition) is 4. The Morgan fingerprint density at radius 3 is 2.90 bits per heavy atom. The predicted octanol–water partition coefficient (Wildman–Crippen LogP) is 3.15. The third-order valence-corrected chi connectivity index (χ3v) is 5.36. The van der Waals surface area contributed by atoms with Gasteiger partial charge in [-0.05, 0) is 18.4 Å². The lowest BCUT2D eigenvalue weighted by Crippen LogP contribution is -2.31. The Morgan fingerprint density at radius 2 is 2.14 bits per heavy atom. The van der Waals surface area contributed by atoms with Gasteiger partial charge in [-0.15, -0.1) is 11.3 Å². The lowest BCUT2D eigenvalue weighted by atomic mass is 10.1. The number of thiazole rings is 1. The largest absolute Gasteiger partial charge is 0.322 e. The minimum absolute atomic E-state index is 0.110. The van der Waals surface area contributed by atoms with Gasteiger partial charge in [0.1, 0.15) is 5.01 Å². The quantitative estimate of drug-likeness (QED) is 0.922. The van der Waals surface area contributed by atoms with Crippen molar-refractivity contribution in [3.05, 3.63) is 51.5 Å². The molecule has 3 rings (SSSR count). The monoisotopic (exact) mass is 301 g/mol. The molecular formula is C17H23N3S. The van der Waals surface area contributed by atoms with Crippen LogP contribution in [0.3, 0.4) is 0 Å². The van der Waals surface area contributed by atoms with E-state index < -0.39 is 0 Å². The molecule has 2 aromatic rings. The maximum Gasteiger partial charge on any atom is 0.110 e. The van der Waals surface area contributed by atoms with Crippen molar-refractivity contribution in [1.29, 1.82) is 0 Å². The van der Waals surface area contributed by atoms with Crippen LogP contribution in [0.15, 0.2) is 30.3 Å². The summed E-state index contributed by atoms with van der Waals surface area (Å²) in [4.78, 5) is 8.70. The molecule has 2 N–H and O–H groups in total. The molecule has 0 saturated heterocycles. The van der Waals surface area contributed by atoms with E-state index in [4.69, 9.17) is 10.7 Å². The van der Waals surface area contributed by atoms with E-state index >= 15 is 0 Å². The molecule has 4 heteroatoms. The summed E-state index contributed by atoms with van der Waals surface area (Å²) in [6, 6.07) is 10.8. The Hall–Kier alpha value is -1.23. The van der Waals surface area contributed by atoms with Crippen molar-refractivity contribution >= 4 is 11.3 Å². The maximum absolute atomic E-state index is 6.11. The molecule has 1 aliphatic heterocycles. The fraction of sp³-hybridized carbons (Fsp3) is 0.471. The van der Waals surface area contributed by atoms with Crippen LogP contribution < -0.4 is 5.73 Å². The summed E-state index contributed by atoms with van der Waals surface area (Å²) in [5, 5.41) is 1.12. The summed E-state index contributed by atoms with van der Waals surface area (Å²) >= 11 is 1.82. The van der Waals surface area contributed by atoms with Gasteiger partial charge in [-0.3, -0.25) is 4.90 Å². The van der Waals surface area contributed by atoms with Gasteiger partial charge in [-0.25, -0.2) is 4.98 Å². The molecule has 112 valence electrons. The van der Waals surface area contributed by atoms with Crippen LogP contribution in [-0.2, 0) is 19.4 Å². The Balaban J connectivity index is 1.60. The van der Waals surface area contributed by atoms with Crippen molar-refractivity contribution in [3.8, 4) is 0 Å². The fourth-order valence-electron chi connectivity index (χ4n) is 2.72. The van der Waals surface area contributed by atoms with Gasteiger partial charge in [-0.1, -0.05) is 37.3 Å². The van der Waals surface area contributed by atoms with Gasteiger partial charge >= 0.3 is 0 Å². The van der Waals surface area contributed by atoms with Gasteiger partial charge in [0.2, 0.25) is 0 Å². The predicted molar refractivity (Wildman–Crippen MR) is 88.5 cm³/mol. The number of hydrogen-bond donors (Lipinski definition) is 1. The second kappa shape index (κ2) is 6.69. The van der Waals surface area contributed by atoms with Gasteiger partial charge in [0.05, 0.1) is 11.7 Å². The van der Waals surface area contributed by atoms with Gasteiger partial charge in [0.15, 0.2) is 0 Å². The van der Waals surface area contributed by atoms with E-state index in [0.717, 1.165) is 43.9 Å². The zero-order chi connectivity index (χ0) is 14.7. The minimum atomic E-state index is 0.110. The van der Waals surface area contributed by atoms with Crippen LogP contribution in [0.25, 0.3) is 0 Å². The summed E-state index contributed by atoms with van der Waals surface area (Å²) in [6.45, 7) is 5.40. The second-order valence-electron chi connectivity index (χ2n) is 5.70. The first-order valence-electron chi connectivity index (χ1n) is 7.76. The van der Waals surface area contributed by atoms with Crippen molar-refractivity contribution in [2.75, 3.05) is 13.1 Å². The third kappa shape index (κ3) is 3.51. The number of benzene rings is 1. The average Bonchev–Trinajstić information content (AvgIpc) is 2.96. The lowest BCUT2D eigenvalue weighted by Gasteiger charge is -2.25. The van der Waals surface area contributed by atoms with Crippen molar-refractivity contribution in [2.45, 2.75) is 38.8 Å². The summed E-state index contributed by atoms with van der Waals surface area (Å²) in [6.07, 6.45) is 3.15. The summed E-state index contributed by atoms with van der Waals surface area (Å²) in [7, 11) is 0. The molecule has 1 aliphatic rings. The maximum atomic E-state index is 6.11. The van der Waals surface area contributed by atoms with E-state index in [2.05, 4.69) is 42.2 Å². The van der Waals surface area contributed by atoms with Crippen LogP contribution in [-0.4, -0.2) is 23.0 Å². The molecule has 0 bridgehead atoms. The molecule has 2 heterocycles. The standard InChI is InChI=1S/C17H23N3S/c1-2-14(18)17-19-15-9-11-20(12-16(15)21-17)10-8-13-6-4-3-5-7-13/h3-7,14H,2,8-12,18H2,1H3. The first-order valence-corrected chi connectivity index (χ1v) is 8.58. The van der Waals surface area contributed by atoms with Crippen molar-refractivity contribution in [2.24, 2.45) is 5.73 Å². The van der Waals surface area contributed by atoms with Gasteiger partial charge in [0, 0.05) is 30.9 Å². The van der Waals surface area contributed by atoms with Crippen LogP contribution in [0, 0.1) is 0 Å². The topological polar surface area (TPSA) is 42.1 Å². The van der Waals surface area contributed by atoms with Crippen LogP contribution in [0.5, 0.6) is 0 Å². The second-order valence-corrected chi connectivity index (χ2v) is 6.81. The number of nitrogens with zero attached hydrogens (tertiary/aromatic N) is 2. The van der Waals surface area contributed by atoms with Gasteiger partial charge < -0.3 is 5.73 Å². The summed E-state index contributed by atoms with van der Waals surface area (Å²) in [5.74, 6) is 0. The highest BCUT2D eigenvalue weighted by atomic mass is 32.1. The normalized spacial score (nSPS) is 16.7. The minimum Gasteiger partial charge on any atom is -0.322 e. The van der Waals surface area contributed by atoms with Crippen molar-refractivity contribution < 1.29 is 0 Å². The molecule has 1 aromatic heterocycles. The van der Waals surface area contributed by atoms with E-state index in [1.165, 1.54) is 16.1 Å². The van der Waals surface area contributed by atoms with Gasteiger partial charge in [-0.2, -0.15) is 0 Å². The smallest absolute Gasteiger partial charge is 0.110 e. The highest BCUT2D eigenvalue weighted by molar-refractivity contribution is 7.11. The number of aromatic nitrogens is 1. The highest BCUT2D eigenvalue weighted by Crippen LogP contribution is 2.28. The van der Waals surface area contributed by atoms with E-state index in [-0.39, 0.29) is 6.04 Å². The molecule has 1 aromatic carbocycles. The number of fused-ring (bicyclic) bond motifs is 1. The molecule has 0 spiro atoms. The van der Waals surface area contributed by atoms with E-state index in [9.17, 15) is 0 Å². The lowest BCUT2D eigenvalue weighted by molar-refractivity contribution is 0.259. The summed E-state index contributed by atoms with van der Waals surface area (Å²) < 4.78 is 0. The molecule has 1 atom stereocenters. The molecule has 0 amide bonds. The molecule has 0 saturated carbocycles. The molecule has 0 aliphatic carbocycles. The van der Waals surface area contributed by atoms with E-state index in [1.807, 2.05) is 11.3 Å². The molecule has 21 heavy (non-hydrogen) atoms. The average molecular weight is 301 g/mol.